The highest BCUT2D eigenvalue weighted by molar-refractivity contribution is 7.10. The molecule has 3 aromatic heterocycles. The van der Waals surface area contributed by atoms with E-state index < -0.39 is 0 Å². The monoisotopic (exact) mass is 298 g/mol. The molecule has 108 valence electrons. The molecule has 3 aromatic rings. The fourth-order valence-electron chi connectivity index (χ4n) is 2.32. The van der Waals surface area contributed by atoms with Crippen LogP contribution in [0.2, 0.25) is 0 Å². The van der Waals surface area contributed by atoms with E-state index in [1.807, 2.05) is 37.9 Å². The van der Waals surface area contributed by atoms with E-state index in [2.05, 4.69) is 44.3 Å². The molecule has 0 saturated heterocycles. The van der Waals surface area contributed by atoms with E-state index in [0.29, 0.717) is 0 Å². The zero-order valence-corrected chi connectivity index (χ0v) is 13.0. The number of aryl methyl sites for hydroxylation is 2. The van der Waals surface area contributed by atoms with E-state index in [-0.39, 0.29) is 6.04 Å². The van der Waals surface area contributed by atoms with Crippen LogP contribution in [0.4, 0.5) is 0 Å². The van der Waals surface area contributed by atoms with Crippen LogP contribution in [-0.4, -0.2) is 14.5 Å². The van der Waals surface area contributed by atoms with Gasteiger partial charge < -0.3 is 4.57 Å². The lowest BCUT2D eigenvalue weighted by molar-refractivity contribution is 0.563. The summed E-state index contributed by atoms with van der Waals surface area (Å²) in [7, 11) is 2.03. The van der Waals surface area contributed by atoms with Crippen molar-refractivity contribution in [3.8, 4) is 0 Å². The number of imidazole rings is 1. The Kier molecular flexibility index (Phi) is 4.13. The van der Waals surface area contributed by atoms with Crippen molar-refractivity contribution in [1.29, 1.82) is 0 Å². The summed E-state index contributed by atoms with van der Waals surface area (Å²) in [4.78, 5) is 9.98. The van der Waals surface area contributed by atoms with E-state index in [4.69, 9.17) is 0 Å². The fraction of sp³-hybridized carbons (Fsp3) is 0.250. The lowest BCUT2D eigenvalue weighted by Crippen LogP contribution is -2.24. The van der Waals surface area contributed by atoms with Crippen LogP contribution < -0.4 is 5.32 Å². The molecule has 3 heterocycles. The second kappa shape index (κ2) is 6.20. The second-order valence-electron chi connectivity index (χ2n) is 5.03. The predicted molar refractivity (Wildman–Crippen MR) is 85.2 cm³/mol. The highest BCUT2D eigenvalue weighted by Crippen LogP contribution is 2.25. The molecule has 0 aliphatic heterocycles. The number of hydrogen-bond acceptors (Lipinski definition) is 4. The number of rotatable bonds is 5. The summed E-state index contributed by atoms with van der Waals surface area (Å²) in [5, 5.41) is 5.71. The summed E-state index contributed by atoms with van der Waals surface area (Å²) in [6, 6.07) is 6.36. The number of pyridine rings is 1. The molecule has 5 heteroatoms. The molecular weight excluding hydrogens is 280 g/mol. The summed E-state index contributed by atoms with van der Waals surface area (Å²) in [5.74, 6) is 1.03. The topological polar surface area (TPSA) is 42.7 Å². The van der Waals surface area contributed by atoms with Crippen LogP contribution in [-0.2, 0) is 13.6 Å². The average molecular weight is 298 g/mol. The third-order valence-electron chi connectivity index (χ3n) is 3.59. The first-order valence-electron chi connectivity index (χ1n) is 6.89. The van der Waals surface area contributed by atoms with Crippen molar-refractivity contribution >= 4 is 11.3 Å². The van der Waals surface area contributed by atoms with Gasteiger partial charge in [0.25, 0.3) is 0 Å². The summed E-state index contributed by atoms with van der Waals surface area (Å²) in [5.41, 5.74) is 2.47. The molecular formula is C16H18N4S. The fourth-order valence-corrected chi connectivity index (χ4v) is 3.12. The first-order valence-corrected chi connectivity index (χ1v) is 7.77. The van der Waals surface area contributed by atoms with Crippen LogP contribution in [0.5, 0.6) is 0 Å². The van der Waals surface area contributed by atoms with Crippen LogP contribution in [0.3, 0.4) is 0 Å². The molecule has 0 radical (unpaired) electrons. The standard InChI is InChI=1S/C16H18N4S/c1-12-5-6-17-10-13(12)11-19-15(14-4-3-9-21-14)16-18-7-8-20(16)2/h3-10,15,19H,11H2,1-2H3. The minimum Gasteiger partial charge on any atom is -0.336 e. The van der Waals surface area contributed by atoms with E-state index in [0.717, 1.165) is 12.4 Å². The Hall–Kier alpha value is -1.98. The van der Waals surface area contributed by atoms with Crippen molar-refractivity contribution < 1.29 is 0 Å². The Bertz CT molecular complexity index is 703. The smallest absolute Gasteiger partial charge is 0.131 e. The lowest BCUT2D eigenvalue weighted by atomic mass is 10.1. The Morgan fingerprint density at radius 2 is 2.24 bits per heavy atom. The molecule has 1 unspecified atom stereocenters. The number of hydrogen-bond donors (Lipinski definition) is 1. The minimum atomic E-state index is 0.101. The zero-order valence-electron chi connectivity index (χ0n) is 12.2. The third-order valence-corrected chi connectivity index (χ3v) is 4.53. The van der Waals surface area contributed by atoms with Gasteiger partial charge in [-0.25, -0.2) is 4.98 Å². The normalized spacial score (nSPS) is 12.5. The Balaban J connectivity index is 1.84. The van der Waals surface area contributed by atoms with Crippen LogP contribution >= 0.6 is 11.3 Å². The Morgan fingerprint density at radius 1 is 1.33 bits per heavy atom. The number of aromatic nitrogens is 3. The van der Waals surface area contributed by atoms with Gasteiger partial charge in [0, 0.05) is 43.3 Å². The van der Waals surface area contributed by atoms with E-state index in [1.165, 1.54) is 16.0 Å². The summed E-state index contributed by atoms with van der Waals surface area (Å²) in [6.07, 6.45) is 7.57. The van der Waals surface area contributed by atoms with Gasteiger partial charge in [0.1, 0.15) is 11.9 Å². The second-order valence-corrected chi connectivity index (χ2v) is 6.01. The average Bonchev–Trinajstić information content (AvgIpc) is 3.14. The predicted octanol–water partition coefficient (Wildman–Crippen LogP) is 3.06. The SMILES string of the molecule is Cc1ccncc1CNC(c1cccs1)c1nccn1C. The van der Waals surface area contributed by atoms with Crippen LogP contribution in [0.1, 0.15) is 27.9 Å². The number of thiophene rings is 1. The van der Waals surface area contributed by atoms with Crippen LogP contribution in [0, 0.1) is 6.92 Å². The molecule has 0 aliphatic carbocycles. The number of nitrogens with one attached hydrogen (secondary N) is 1. The first kappa shape index (κ1) is 14.0. The van der Waals surface area contributed by atoms with Crippen molar-refractivity contribution in [1.82, 2.24) is 19.9 Å². The van der Waals surface area contributed by atoms with Crippen molar-refractivity contribution in [3.63, 3.8) is 0 Å². The van der Waals surface area contributed by atoms with Gasteiger partial charge in [-0.3, -0.25) is 10.3 Å². The Labute approximate surface area is 128 Å². The maximum absolute atomic E-state index is 4.50. The Morgan fingerprint density at radius 3 is 2.90 bits per heavy atom. The van der Waals surface area contributed by atoms with Crippen molar-refractivity contribution in [2.45, 2.75) is 19.5 Å². The van der Waals surface area contributed by atoms with Crippen molar-refractivity contribution in [3.05, 3.63) is 70.2 Å². The molecule has 0 aliphatic rings. The summed E-state index contributed by atoms with van der Waals surface area (Å²) >= 11 is 1.75. The zero-order chi connectivity index (χ0) is 14.7. The number of nitrogens with zero attached hydrogens (tertiary/aromatic N) is 3. The lowest BCUT2D eigenvalue weighted by Gasteiger charge is -2.18. The van der Waals surface area contributed by atoms with Crippen LogP contribution in [0.25, 0.3) is 0 Å². The minimum absolute atomic E-state index is 0.101. The quantitative estimate of drug-likeness (QED) is 0.787. The van der Waals surface area contributed by atoms with Gasteiger partial charge in [0.15, 0.2) is 0 Å². The maximum Gasteiger partial charge on any atom is 0.131 e. The third kappa shape index (κ3) is 3.04. The summed E-state index contributed by atoms with van der Waals surface area (Å²) in [6.45, 7) is 2.88. The highest BCUT2D eigenvalue weighted by Gasteiger charge is 2.18. The molecule has 0 aromatic carbocycles. The van der Waals surface area contributed by atoms with Gasteiger partial charge in [0.05, 0.1) is 0 Å². The summed E-state index contributed by atoms with van der Waals surface area (Å²) < 4.78 is 2.06. The molecule has 4 nitrogen and oxygen atoms in total. The largest absolute Gasteiger partial charge is 0.336 e. The van der Waals surface area contributed by atoms with E-state index in [9.17, 15) is 0 Å². The van der Waals surface area contributed by atoms with E-state index >= 15 is 0 Å². The van der Waals surface area contributed by atoms with Gasteiger partial charge in [-0.15, -0.1) is 11.3 Å². The molecule has 1 atom stereocenters. The van der Waals surface area contributed by atoms with Crippen molar-refractivity contribution in [2.75, 3.05) is 0 Å². The highest BCUT2D eigenvalue weighted by atomic mass is 32.1. The van der Waals surface area contributed by atoms with Gasteiger partial charge in [-0.2, -0.15) is 0 Å². The van der Waals surface area contributed by atoms with Gasteiger partial charge in [-0.05, 0) is 35.6 Å². The molecule has 0 amide bonds. The molecule has 21 heavy (non-hydrogen) atoms. The molecule has 1 N–H and O–H groups in total. The van der Waals surface area contributed by atoms with E-state index in [1.54, 1.807) is 11.3 Å². The molecule has 0 bridgehead atoms. The van der Waals surface area contributed by atoms with Gasteiger partial charge in [0.2, 0.25) is 0 Å². The van der Waals surface area contributed by atoms with Crippen LogP contribution in [0.15, 0.2) is 48.4 Å². The molecule has 0 saturated carbocycles. The molecule has 0 fully saturated rings. The maximum atomic E-state index is 4.50. The molecule has 3 rings (SSSR count). The van der Waals surface area contributed by atoms with Crippen molar-refractivity contribution in [2.24, 2.45) is 7.05 Å². The molecule has 0 spiro atoms. The first-order chi connectivity index (χ1) is 10.3. The van der Waals surface area contributed by atoms with Gasteiger partial charge in [-0.1, -0.05) is 6.07 Å². The van der Waals surface area contributed by atoms with Gasteiger partial charge >= 0.3 is 0 Å².